The highest BCUT2D eigenvalue weighted by molar-refractivity contribution is 5.36. The van der Waals surface area contributed by atoms with E-state index < -0.39 is 0 Å². The van der Waals surface area contributed by atoms with E-state index in [-0.39, 0.29) is 0 Å². The van der Waals surface area contributed by atoms with Crippen molar-refractivity contribution in [1.29, 1.82) is 0 Å². The zero-order valence-corrected chi connectivity index (χ0v) is 10.7. The third-order valence-corrected chi connectivity index (χ3v) is 2.54. The van der Waals surface area contributed by atoms with Gasteiger partial charge in [-0.3, -0.25) is 4.98 Å². The summed E-state index contributed by atoms with van der Waals surface area (Å²) in [6.07, 6.45) is 3.58. The Balaban J connectivity index is 2.08. The molecule has 2 heterocycles. The molecule has 0 atom stereocenters. The van der Waals surface area contributed by atoms with Crippen LogP contribution in [0.15, 0.2) is 36.7 Å². The van der Waals surface area contributed by atoms with Crippen LogP contribution in [0.1, 0.15) is 11.5 Å². The third-order valence-electron chi connectivity index (χ3n) is 2.54. The molecule has 0 aromatic carbocycles. The Kier molecular flexibility index (Phi) is 4.20. The van der Waals surface area contributed by atoms with E-state index in [1.165, 1.54) is 0 Å². The molecular formula is C13H17N5. The predicted molar refractivity (Wildman–Crippen MR) is 71.1 cm³/mol. The van der Waals surface area contributed by atoms with Crippen LogP contribution in [0.4, 0.5) is 5.82 Å². The average Bonchev–Trinajstić information content (AvgIpc) is 2.40. The lowest BCUT2D eigenvalue weighted by Crippen LogP contribution is -2.20. The van der Waals surface area contributed by atoms with Crippen molar-refractivity contribution in [1.82, 2.24) is 20.3 Å². The number of aromatic nitrogens is 3. The van der Waals surface area contributed by atoms with Crippen LogP contribution in [0.2, 0.25) is 0 Å². The number of hydrogen-bond donors (Lipinski definition) is 1. The Bertz CT molecular complexity index is 486. The second-order valence-corrected chi connectivity index (χ2v) is 4.04. The number of nitrogens with one attached hydrogen (secondary N) is 1. The maximum absolute atomic E-state index is 4.48. The highest BCUT2D eigenvalue weighted by atomic mass is 15.2. The quantitative estimate of drug-likeness (QED) is 0.856. The molecule has 2 aromatic heterocycles. The summed E-state index contributed by atoms with van der Waals surface area (Å²) in [5, 5.41) is 3.04. The molecule has 0 amide bonds. The fourth-order valence-corrected chi connectivity index (χ4v) is 1.66. The number of pyridine rings is 1. The molecule has 2 aromatic rings. The smallest absolute Gasteiger partial charge is 0.144 e. The van der Waals surface area contributed by atoms with Crippen LogP contribution < -0.4 is 10.2 Å². The van der Waals surface area contributed by atoms with Gasteiger partial charge in [0, 0.05) is 19.4 Å². The fourth-order valence-electron chi connectivity index (χ4n) is 1.66. The van der Waals surface area contributed by atoms with E-state index in [9.17, 15) is 0 Å². The minimum atomic E-state index is 0.672. The first-order valence-electron chi connectivity index (χ1n) is 5.87. The topological polar surface area (TPSA) is 53.9 Å². The minimum absolute atomic E-state index is 0.672. The molecule has 0 spiro atoms. The van der Waals surface area contributed by atoms with Crippen molar-refractivity contribution >= 4 is 5.82 Å². The van der Waals surface area contributed by atoms with Crippen molar-refractivity contribution in [2.45, 2.75) is 13.1 Å². The fraction of sp³-hybridized carbons (Fsp3) is 0.308. The molecule has 0 unspecified atom stereocenters. The summed E-state index contributed by atoms with van der Waals surface area (Å²) in [6.45, 7) is 1.40. The molecular weight excluding hydrogens is 226 g/mol. The summed E-state index contributed by atoms with van der Waals surface area (Å²) in [5.74, 6) is 1.70. The molecule has 2 rings (SSSR count). The van der Waals surface area contributed by atoms with Gasteiger partial charge in [-0.1, -0.05) is 6.07 Å². The Morgan fingerprint density at radius 3 is 2.78 bits per heavy atom. The summed E-state index contributed by atoms with van der Waals surface area (Å²) in [7, 11) is 3.88. The predicted octanol–water partition coefficient (Wildman–Crippen LogP) is 1.23. The lowest BCUT2D eigenvalue weighted by molar-refractivity contribution is 0.749. The third kappa shape index (κ3) is 3.24. The first-order valence-corrected chi connectivity index (χ1v) is 5.87. The molecule has 0 bridgehead atoms. The van der Waals surface area contributed by atoms with E-state index in [1.54, 1.807) is 12.4 Å². The number of rotatable bonds is 5. The summed E-state index contributed by atoms with van der Waals surface area (Å²) in [6, 6.07) is 7.82. The van der Waals surface area contributed by atoms with Gasteiger partial charge < -0.3 is 10.2 Å². The van der Waals surface area contributed by atoms with Gasteiger partial charge in [0.15, 0.2) is 0 Å². The molecule has 94 valence electrons. The van der Waals surface area contributed by atoms with E-state index >= 15 is 0 Å². The van der Waals surface area contributed by atoms with Crippen LogP contribution in [0.3, 0.4) is 0 Å². The molecule has 0 fully saturated rings. The monoisotopic (exact) mass is 243 g/mol. The van der Waals surface area contributed by atoms with E-state index in [0.717, 1.165) is 23.9 Å². The molecule has 0 radical (unpaired) electrons. The molecule has 0 aliphatic heterocycles. The van der Waals surface area contributed by atoms with Crippen LogP contribution >= 0.6 is 0 Å². The molecule has 1 N–H and O–H groups in total. The van der Waals surface area contributed by atoms with Gasteiger partial charge in [-0.2, -0.15) is 0 Å². The molecule has 0 saturated carbocycles. The zero-order chi connectivity index (χ0) is 12.8. The van der Waals surface area contributed by atoms with E-state index in [1.807, 2.05) is 38.4 Å². The summed E-state index contributed by atoms with van der Waals surface area (Å²) >= 11 is 0. The first kappa shape index (κ1) is 12.4. The van der Waals surface area contributed by atoms with Gasteiger partial charge in [-0.05, 0) is 25.2 Å². The van der Waals surface area contributed by atoms with E-state index in [2.05, 4.69) is 25.2 Å². The average molecular weight is 243 g/mol. The highest BCUT2D eigenvalue weighted by Crippen LogP contribution is 2.10. The number of nitrogens with zero attached hydrogens (tertiary/aromatic N) is 4. The zero-order valence-electron chi connectivity index (χ0n) is 10.7. The summed E-state index contributed by atoms with van der Waals surface area (Å²) in [5.41, 5.74) is 1.02. The standard InChI is InChI=1S/C13H17N5/c1-14-9-12-16-8-6-13(17-12)18(2)10-11-5-3-4-7-15-11/h3-8,14H,9-10H2,1-2H3. The Morgan fingerprint density at radius 2 is 2.06 bits per heavy atom. The van der Waals surface area contributed by atoms with Crippen molar-refractivity contribution in [2.24, 2.45) is 0 Å². The summed E-state index contributed by atoms with van der Waals surface area (Å²) < 4.78 is 0. The largest absolute Gasteiger partial charge is 0.354 e. The molecule has 0 aliphatic rings. The van der Waals surface area contributed by atoms with Gasteiger partial charge >= 0.3 is 0 Å². The van der Waals surface area contributed by atoms with Crippen LogP contribution in [-0.4, -0.2) is 29.0 Å². The Morgan fingerprint density at radius 1 is 1.17 bits per heavy atom. The van der Waals surface area contributed by atoms with Crippen molar-refractivity contribution in [3.8, 4) is 0 Å². The van der Waals surface area contributed by atoms with Gasteiger partial charge in [0.2, 0.25) is 0 Å². The lowest BCUT2D eigenvalue weighted by Gasteiger charge is -2.17. The number of anilines is 1. The SMILES string of the molecule is CNCc1nccc(N(C)Cc2ccccn2)n1. The highest BCUT2D eigenvalue weighted by Gasteiger charge is 2.05. The first-order chi connectivity index (χ1) is 8.79. The second kappa shape index (κ2) is 6.07. The van der Waals surface area contributed by atoms with Crippen molar-refractivity contribution < 1.29 is 0 Å². The van der Waals surface area contributed by atoms with Crippen LogP contribution in [-0.2, 0) is 13.1 Å². The van der Waals surface area contributed by atoms with Crippen LogP contribution in [0.5, 0.6) is 0 Å². The van der Waals surface area contributed by atoms with Crippen molar-refractivity contribution in [3.05, 3.63) is 48.2 Å². The van der Waals surface area contributed by atoms with Gasteiger partial charge in [-0.25, -0.2) is 9.97 Å². The van der Waals surface area contributed by atoms with E-state index in [0.29, 0.717) is 6.54 Å². The molecule has 0 saturated heterocycles. The second-order valence-electron chi connectivity index (χ2n) is 4.04. The maximum atomic E-state index is 4.48. The lowest BCUT2D eigenvalue weighted by atomic mass is 10.3. The minimum Gasteiger partial charge on any atom is -0.354 e. The summed E-state index contributed by atoms with van der Waals surface area (Å²) in [4.78, 5) is 15.1. The van der Waals surface area contributed by atoms with Gasteiger partial charge in [0.1, 0.15) is 11.6 Å². The number of hydrogen-bond acceptors (Lipinski definition) is 5. The van der Waals surface area contributed by atoms with Crippen LogP contribution in [0, 0.1) is 0 Å². The molecule has 18 heavy (non-hydrogen) atoms. The molecule has 5 heteroatoms. The van der Waals surface area contributed by atoms with Gasteiger partial charge in [0.25, 0.3) is 0 Å². The normalized spacial score (nSPS) is 10.3. The van der Waals surface area contributed by atoms with E-state index in [4.69, 9.17) is 0 Å². The molecule has 5 nitrogen and oxygen atoms in total. The van der Waals surface area contributed by atoms with Gasteiger partial charge in [0.05, 0.1) is 18.8 Å². The maximum Gasteiger partial charge on any atom is 0.144 e. The van der Waals surface area contributed by atoms with Gasteiger partial charge in [-0.15, -0.1) is 0 Å². The Labute approximate surface area is 107 Å². The Hall–Kier alpha value is -2.01. The molecule has 0 aliphatic carbocycles. The van der Waals surface area contributed by atoms with Crippen molar-refractivity contribution in [3.63, 3.8) is 0 Å². The van der Waals surface area contributed by atoms with Crippen molar-refractivity contribution in [2.75, 3.05) is 19.0 Å². The van der Waals surface area contributed by atoms with Crippen LogP contribution in [0.25, 0.3) is 0 Å².